The molecular formula is C12H17F3N2O3S. The topological polar surface area (TPSA) is 72.6 Å². The third kappa shape index (κ3) is 4.58. The molecule has 0 saturated heterocycles. The summed E-state index contributed by atoms with van der Waals surface area (Å²) in [5.74, 6) is 0.413. The fraction of sp³-hybridized carbons (Fsp3) is 0.500. The van der Waals surface area contributed by atoms with Gasteiger partial charge in [0.05, 0.1) is 12.0 Å². The lowest BCUT2D eigenvalue weighted by Gasteiger charge is -2.20. The van der Waals surface area contributed by atoms with Crippen LogP contribution in [0.5, 0.6) is 5.75 Å². The van der Waals surface area contributed by atoms with Crippen molar-refractivity contribution in [3.63, 3.8) is 0 Å². The van der Waals surface area contributed by atoms with Crippen molar-refractivity contribution in [3.8, 4) is 5.75 Å². The molecule has 120 valence electrons. The van der Waals surface area contributed by atoms with Crippen LogP contribution < -0.4 is 10.5 Å². The standard InChI is InChI=1S/C12H17F3N2O3S/c1-17(8-12(13,14)15)21(18,19)11-4-3-10(20-2)7-9(11)5-6-16/h3-4,7H,5-6,8,16H2,1-2H3. The quantitative estimate of drug-likeness (QED) is 0.857. The summed E-state index contributed by atoms with van der Waals surface area (Å²) in [5, 5.41) is 0. The molecule has 0 radical (unpaired) electrons. The van der Waals surface area contributed by atoms with Gasteiger partial charge in [0.15, 0.2) is 0 Å². The molecule has 2 N–H and O–H groups in total. The number of rotatable bonds is 6. The van der Waals surface area contributed by atoms with Crippen LogP contribution in [0.15, 0.2) is 23.1 Å². The van der Waals surface area contributed by atoms with E-state index in [9.17, 15) is 21.6 Å². The van der Waals surface area contributed by atoms with Gasteiger partial charge in [-0.3, -0.25) is 0 Å². The van der Waals surface area contributed by atoms with Gasteiger partial charge in [0.25, 0.3) is 0 Å². The van der Waals surface area contributed by atoms with Gasteiger partial charge >= 0.3 is 6.18 Å². The molecule has 21 heavy (non-hydrogen) atoms. The third-order valence-corrected chi connectivity index (χ3v) is 4.68. The molecule has 9 heteroatoms. The Morgan fingerprint density at radius 3 is 2.43 bits per heavy atom. The first-order valence-electron chi connectivity index (χ1n) is 6.02. The van der Waals surface area contributed by atoms with Crippen LogP contribution in [0.3, 0.4) is 0 Å². The summed E-state index contributed by atoms with van der Waals surface area (Å²) in [6.45, 7) is -1.39. The van der Waals surface area contributed by atoms with E-state index >= 15 is 0 Å². The number of alkyl halides is 3. The van der Waals surface area contributed by atoms with Crippen LogP contribution in [0.25, 0.3) is 0 Å². The molecule has 0 aliphatic carbocycles. The van der Waals surface area contributed by atoms with Crippen molar-refractivity contribution in [1.82, 2.24) is 4.31 Å². The van der Waals surface area contributed by atoms with Crippen LogP contribution in [0, 0.1) is 0 Å². The molecule has 1 aromatic carbocycles. The van der Waals surface area contributed by atoms with Crippen molar-refractivity contribution in [2.24, 2.45) is 5.73 Å². The molecule has 0 atom stereocenters. The zero-order valence-electron chi connectivity index (χ0n) is 11.6. The maximum Gasteiger partial charge on any atom is 0.402 e. The summed E-state index contributed by atoms with van der Waals surface area (Å²) in [7, 11) is -1.95. The van der Waals surface area contributed by atoms with Gasteiger partial charge < -0.3 is 10.5 Å². The van der Waals surface area contributed by atoms with E-state index in [4.69, 9.17) is 10.5 Å². The Hall–Kier alpha value is -1.32. The maximum absolute atomic E-state index is 12.4. The fourth-order valence-electron chi connectivity index (χ4n) is 1.79. The lowest BCUT2D eigenvalue weighted by atomic mass is 10.1. The van der Waals surface area contributed by atoms with Crippen LogP contribution in [-0.2, 0) is 16.4 Å². The number of benzene rings is 1. The van der Waals surface area contributed by atoms with Crippen molar-refractivity contribution in [1.29, 1.82) is 0 Å². The van der Waals surface area contributed by atoms with Gasteiger partial charge in [-0.25, -0.2) is 8.42 Å². The predicted molar refractivity (Wildman–Crippen MR) is 71.6 cm³/mol. The zero-order chi connectivity index (χ0) is 16.3. The van der Waals surface area contributed by atoms with Crippen LogP contribution in [0.1, 0.15) is 5.56 Å². The van der Waals surface area contributed by atoms with E-state index < -0.39 is 22.7 Å². The average molecular weight is 326 g/mol. The molecule has 0 unspecified atom stereocenters. The van der Waals surface area contributed by atoms with Crippen LogP contribution in [-0.4, -0.2) is 46.1 Å². The number of nitrogens with two attached hydrogens (primary N) is 1. The molecule has 0 bridgehead atoms. The highest BCUT2D eigenvalue weighted by Gasteiger charge is 2.35. The number of ether oxygens (including phenoxy) is 1. The summed E-state index contributed by atoms with van der Waals surface area (Å²) in [6.07, 6.45) is -4.39. The predicted octanol–water partition coefficient (Wildman–Crippen LogP) is 1.38. The van der Waals surface area contributed by atoms with Gasteiger partial charge in [0.2, 0.25) is 10.0 Å². The fourth-order valence-corrected chi connectivity index (χ4v) is 3.18. The Balaban J connectivity index is 3.24. The minimum atomic E-state index is -4.61. The lowest BCUT2D eigenvalue weighted by Crippen LogP contribution is -2.36. The van der Waals surface area contributed by atoms with Gasteiger partial charge in [0, 0.05) is 7.05 Å². The molecule has 5 nitrogen and oxygen atoms in total. The molecule has 0 aliphatic rings. The van der Waals surface area contributed by atoms with E-state index in [1.807, 2.05) is 0 Å². The van der Waals surface area contributed by atoms with Crippen molar-refractivity contribution < 1.29 is 26.3 Å². The van der Waals surface area contributed by atoms with Crippen molar-refractivity contribution in [3.05, 3.63) is 23.8 Å². The minimum absolute atomic E-state index is 0.165. The highest BCUT2D eigenvalue weighted by atomic mass is 32.2. The Labute approximate surface area is 121 Å². The van der Waals surface area contributed by atoms with Crippen LogP contribution in [0.2, 0.25) is 0 Å². The average Bonchev–Trinajstić information content (AvgIpc) is 2.36. The summed E-state index contributed by atoms with van der Waals surface area (Å²) in [4.78, 5) is -0.194. The number of nitrogens with zero attached hydrogens (tertiary/aromatic N) is 1. The molecule has 0 heterocycles. The maximum atomic E-state index is 12.4. The molecular weight excluding hydrogens is 309 g/mol. The van der Waals surface area contributed by atoms with Crippen molar-refractivity contribution in [2.45, 2.75) is 17.5 Å². The van der Waals surface area contributed by atoms with E-state index in [1.165, 1.54) is 25.3 Å². The van der Waals surface area contributed by atoms with E-state index in [2.05, 4.69) is 0 Å². The minimum Gasteiger partial charge on any atom is -0.497 e. The SMILES string of the molecule is COc1ccc(S(=O)(=O)N(C)CC(F)(F)F)c(CCN)c1. The van der Waals surface area contributed by atoms with Crippen LogP contribution in [0.4, 0.5) is 13.2 Å². The van der Waals surface area contributed by atoms with Gasteiger partial charge in [-0.15, -0.1) is 0 Å². The van der Waals surface area contributed by atoms with Gasteiger partial charge in [-0.2, -0.15) is 17.5 Å². The van der Waals surface area contributed by atoms with Gasteiger partial charge in [-0.1, -0.05) is 0 Å². The smallest absolute Gasteiger partial charge is 0.402 e. The number of sulfonamides is 1. The van der Waals surface area contributed by atoms with E-state index in [1.54, 1.807) is 0 Å². The molecule has 1 aromatic rings. The van der Waals surface area contributed by atoms with Gasteiger partial charge in [-0.05, 0) is 36.7 Å². The Kier molecular flexibility index (Phi) is 5.60. The first kappa shape index (κ1) is 17.7. The number of hydrogen-bond acceptors (Lipinski definition) is 4. The molecule has 0 aromatic heterocycles. The first-order valence-corrected chi connectivity index (χ1v) is 7.46. The van der Waals surface area contributed by atoms with E-state index in [-0.39, 0.29) is 22.2 Å². The summed E-state index contributed by atoms with van der Waals surface area (Å²) in [6, 6.07) is 4.07. The normalized spacial score (nSPS) is 12.7. The molecule has 1 rings (SSSR count). The Morgan fingerprint density at radius 1 is 1.33 bits per heavy atom. The lowest BCUT2D eigenvalue weighted by molar-refractivity contribution is -0.134. The number of hydrogen-bond donors (Lipinski definition) is 1. The number of methoxy groups -OCH3 is 1. The molecule has 0 aliphatic heterocycles. The number of halogens is 3. The zero-order valence-corrected chi connectivity index (χ0v) is 12.5. The molecule has 0 saturated carbocycles. The second kappa shape index (κ2) is 6.63. The summed E-state index contributed by atoms with van der Waals surface area (Å²) >= 11 is 0. The van der Waals surface area contributed by atoms with Crippen molar-refractivity contribution in [2.75, 3.05) is 27.2 Å². The molecule has 0 amide bonds. The largest absolute Gasteiger partial charge is 0.497 e. The summed E-state index contributed by atoms with van der Waals surface area (Å²) < 4.78 is 66.9. The van der Waals surface area contributed by atoms with Crippen LogP contribution >= 0.6 is 0 Å². The van der Waals surface area contributed by atoms with E-state index in [0.717, 1.165) is 7.05 Å². The highest BCUT2D eigenvalue weighted by molar-refractivity contribution is 7.89. The monoisotopic (exact) mass is 326 g/mol. The Morgan fingerprint density at radius 2 is 1.95 bits per heavy atom. The van der Waals surface area contributed by atoms with Crippen molar-refractivity contribution >= 4 is 10.0 Å². The second-order valence-corrected chi connectivity index (χ2v) is 6.40. The molecule has 0 fully saturated rings. The molecule has 0 spiro atoms. The van der Waals surface area contributed by atoms with Gasteiger partial charge in [0.1, 0.15) is 12.3 Å². The third-order valence-electron chi connectivity index (χ3n) is 2.77. The summed E-state index contributed by atoms with van der Waals surface area (Å²) in [5.41, 5.74) is 5.74. The van der Waals surface area contributed by atoms with E-state index in [0.29, 0.717) is 11.3 Å². The first-order chi connectivity index (χ1) is 9.61. The highest BCUT2D eigenvalue weighted by Crippen LogP contribution is 2.26. The Bertz CT molecular complexity index is 588. The second-order valence-electron chi connectivity index (χ2n) is 4.39.